The molecule has 36 heavy (non-hydrogen) atoms. The highest BCUT2D eigenvalue weighted by atomic mass is 16.5. The molecule has 4 rings (SSSR count). The maximum Gasteiger partial charge on any atom is 0.338 e. The van der Waals surface area contributed by atoms with E-state index in [0.29, 0.717) is 29.8 Å². The lowest BCUT2D eigenvalue weighted by Gasteiger charge is -2.26. The number of phenols is 1. The number of nitrogens with one attached hydrogen (secondary N) is 2. The van der Waals surface area contributed by atoms with Crippen LogP contribution in [0.2, 0.25) is 0 Å². The van der Waals surface area contributed by atoms with Gasteiger partial charge in [-0.1, -0.05) is 12.1 Å². The number of hydrogen-bond acceptors (Lipinski definition) is 8. The highest BCUT2D eigenvalue weighted by Gasteiger charge is 2.29. The second-order valence-corrected chi connectivity index (χ2v) is 8.40. The number of pyridine rings is 1. The Bertz CT molecular complexity index is 1230. The summed E-state index contributed by atoms with van der Waals surface area (Å²) in [6.07, 6.45) is 3.94. The van der Waals surface area contributed by atoms with Crippen molar-refractivity contribution in [2.75, 3.05) is 20.2 Å². The number of methoxy groups -OCH3 is 1. The van der Waals surface area contributed by atoms with Crippen LogP contribution in [0.4, 0.5) is 0 Å². The van der Waals surface area contributed by atoms with E-state index in [4.69, 9.17) is 9.47 Å². The predicted molar refractivity (Wildman–Crippen MR) is 131 cm³/mol. The summed E-state index contributed by atoms with van der Waals surface area (Å²) in [6.45, 7) is 1.22. The van der Waals surface area contributed by atoms with E-state index in [-0.39, 0.29) is 22.8 Å². The summed E-state index contributed by atoms with van der Waals surface area (Å²) >= 11 is 0. The molecule has 2 aromatic carbocycles. The second kappa shape index (κ2) is 11.5. The van der Waals surface area contributed by atoms with Gasteiger partial charge in [-0.25, -0.2) is 4.79 Å². The third-order valence-corrected chi connectivity index (χ3v) is 6.00. The van der Waals surface area contributed by atoms with E-state index in [0.717, 1.165) is 13.0 Å². The van der Waals surface area contributed by atoms with Crippen molar-refractivity contribution in [1.29, 1.82) is 0 Å². The number of carbonyl (C=O) groups excluding carboxylic acids is 3. The van der Waals surface area contributed by atoms with E-state index >= 15 is 0 Å². The minimum absolute atomic E-state index is 0.100. The molecule has 1 aromatic heterocycles. The van der Waals surface area contributed by atoms with Crippen LogP contribution in [0.5, 0.6) is 11.5 Å². The average Bonchev–Trinajstić information content (AvgIpc) is 3.13. The smallest absolute Gasteiger partial charge is 0.338 e. The van der Waals surface area contributed by atoms with Crippen molar-refractivity contribution < 1.29 is 29.0 Å². The molecule has 0 saturated carbocycles. The van der Waals surface area contributed by atoms with Crippen molar-refractivity contribution in [1.82, 2.24) is 15.6 Å². The zero-order valence-electron chi connectivity index (χ0n) is 19.8. The molecule has 186 valence electrons. The van der Waals surface area contributed by atoms with Crippen LogP contribution < -0.4 is 15.4 Å². The number of esters is 1. The standard InChI is InChI=1S/C27H27N3O6/c1-35-20-8-9-23(31)21(15-20)25(32)17-4-6-19(7-5-17)27(34)36-24-3-2-12-29-16-22(24)30-26(33)18-10-13-28-14-11-18/h4-11,13-15,22,24,29,31H,2-3,12,16H2,1H3,(H,30,33)/t22-,24-/m1/s1. The van der Waals surface area contributed by atoms with Gasteiger partial charge in [-0.3, -0.25) is 14.6 Å². The maximum absolute atomic E-state index is 12.9. The van der Waals surface area contributed by atoms with Gasteiger partial charge in [-0.2, -0.15) is 0 Å². The first-order chi connectivity index (χ1) is 17.5. The van der Waals surface area contributed by atoms with Crippen molar-refractivity contribution >= 4 is 17.7 Å². The number of phenolic OH excluding ortho intramolecular Hbond substituents is 1. The summed E-state index contributed by atoms with van der Waals surface area (Å²) in [5, 5.41) is 16.3. The quantitative estimate of drug-likeness (QED) is 0.342. The molecule has 9 nitrogen and oxygen atoms in total. The molecule has 1 aliphatic rings. The van der Waals surface area contributed by atoms with Crippen molar-refractivity contribution in [3.05, 3.63) is 89.2 Å². The van der Waals surface area contributed by atoms with Crippen LogP contribution in [-0.4, -0.2) is 60.1 Å². The fourth-order valence-corrected chi connectivity index (χ4v) is 4.00. The average molecular weight is 490 g/mol. The summed E-state index contributed by atoms with van der Waals surface area (Å²) < 4.78 is 10.9. The number of hydrogen-bond donors (Lipinski definition) is 3. The number of aromatic nitrogens is 1. The van der Waals surface area contributed by atoms with E-state index in [9.17, 15) is 19.5 Å². The summed E-state index contributed by atoms with van der Waals surface area (Å²) in [4.78, 5) is 42.3. The number of carbonyl (C=O) groups is 3. The highest BCUT2D eigenvalue weighted by Crippen LogP contribution is 2.26. The fourth-order valence-electron chi connectivity index (χ4n) is 4.00. The second-order valence-electron chi connectivity index (χ2n) is 8.40. The molecule has 0 unspecified atom stereocenters. The van der Waals surface area contributed by atoms with Crippen LogP contribution in [0.1, 0.15) is 49.5 Å². The fraction of sp³-hybridized carbons (Fsp3) is 0.259. The Labute approximate surface area is 208 Å². The molecule has 0 spiro atoms. The molecular formula is C27H27N3O6. The summed E-state index contributed by atoms with van der Waals surface area (Å²) in [7, 11) is 1.47. The first kappa shape index (κ1) is 24.9. The minimum Gasteiger partial charge on any atom is -0.507 e. The number of amides is 1. The number of aromatic hydroxyl groups is 1. The number of rotatable bonds is 7. The van der Waals surface area contributed by atoms with E-state index < -0.39 is 23.9 Å². The van der Waals surface area contributed by atoms with Gasteiger partial charge in [-0.05, 0) is 61.9 Å². The van der Waals surface area contributed by atoms with Crippen LogP contribution in [0.3, 0.4) is 0 Å². The molecule has 2 atom stereocenters. The Morgan fingerprint density at radius 1 is 1.00 bits per heavy atom. The molecule has 1 aliphatic heterocycles. The van der Waals surface area contributed by atoms with Gasteiger partial charge >= 0.3 is 5.97 Å². The van der Waals surface area contributed by atoms with Gasteiger partial charge in [0.1, 0.15) is 17.6 Å². The molecule has 1 saturated heterocycles. The number of ether oxygens (including phenoxy) is 2. The molecule has 0 radical (unpaired) electrons. The molecule has 1 amide bonds. The summed E-state index contributed by atoms with van der Waals surface area (Å²) in [6, 6.07) is 13.3. The lowest BCUT2D eigenvalue weighted by molar-refractivity contribution is 0.0192. The first-order valence-electron chi connectivity index (χ1n) is 11.6. The summed E-state index contributed by atoms with van der Waals surface area (Å²) in [5.74, 6) is -0.935. The Hall–Kier alpha value is -4.24. The van der Waals surface area contributed by atoms with Crippen LogP contribution in [-0.2, 0) is 4.74 Å². The molecule has 9 heteroatoms. The topological polar surface area (TPSA) is 127 Å². The van der Waals surface area contributed by atoms with E-state index in [1.54, 1.807) is 30.6 Å². The van der Waals surface area contributed by atoms with Crippen molar-refractivity contribution in [3.63, 3.8) is 0 Å². The van der Waals surface area contributed by atoms with Gasteiger partial charge in [0.05, 0.1) is 24.3 Å². The lowest BCUT2D eigenvalue weighted by atomic mass is 10.0. The Morgan fingerprint density at radius 2 is 1.72 bits per heavy atom. The van der Waals surface area contributed by atoms with Gasteiger partial charge < -0.3 is 25.2 Å². The summed E-state index contributed by atoms with van der Waals surface area (Å²) in [5.41, 5.74) is 1.15. The lowest BCUT2D eigenvalue weighted by Crippen LogP contribution is -2.49. The maximum atomic E-state index is 12.9. The number of ketones is 1. The third kappa shape index (κ3) is 5.87. The van der Waals surface area contributed by atoms with Crippen molar-refractivity contribution in [3.8, 4) is 11.5 Å². The molecule has 0 aliphatic carbocycles. The zero-order chi connectivity index (χ0) is 25.5. The predicted octanol–water partition coefficient (Wildman–Crippen LogP) is 2.73. The monoisotopic (exact) mass is 489 g/mol. The Kier molecular flexibility index (Phi) is 7.92. The number of benzene rings is 2. The first-order valence-corrected chi connectivity index (χ1v) is 11.6. The molecule has 1 fully saturated rings. The van der Waals surface area contributed by atoms with Gasteiger partial charge in [0, 0.05) is 30.1 Å². The third-order valence-electron chi connectivity index (χ3n) is 6.00. The van der Waals surface area contributed by atoms with Crippen molar-refractivity contribution in [2.45, 2.75) is 25.0 Å². The van der Waals surface area contributed by atoms with Gasteiger partial charge in [0.25, 0.3) is 5.91 Å². The highest BCUT2D eigenvalue weighted by molar-refractivity contribution is 6.11. The van der Waals surface area contributed by atoms with E-state index in [1.807, 2.05) is 0 Å². The molecule has 3 aromatic rings. The Morgan fingerprint density at radius 3 is 2.44 bits per heavy atom. The zero-order valence-corrected chi connectivity index (χ0v) is 19.8. The van der Waals surface area contributed by atoms with Gasteiger partial charge in [0.15, 0.2) is 5.78 Å². The van der Waals surface area contributed by atoms with Crippen molar-refractivity contribution in [2.24, 2.45) is 0 Å². The van der Waals surface area contributed by atoms with Crippen LogP contribution in [0, 0.1) is 0 Å². The molecular weight excluding hydrogens is 462 g/mol. The van der Waals surface area contributed by atoms with E-state index in [1.165, 1.54) is 43.5 Å². The molecule has 0 bridgehead atoms. The van der Waals surface area contributed by atoms with Gasteiger partial charge in [0.2, 0.25) is 0 Å². The SMILES string of the molecule is COc1ccc(O)c(C(=O)c2ccc(C(=O)O[C@@H]3CCCNC[C@H]3NC(=O)c3ccncc3)cc2)c1. The largest absolute Gasteiger partial charge is 0.507 e. The van der Waals surface area contributed by atoms with E-state index in [2.05, 4.69) is 15.6 Å². The Balaban J connectivity index is 1.45. The van der Waals surface area contributed by atoms with Gasteiger partial charge in [-0.15, -0.1) is 0 Å². The minimum atomic E-state index is -0.548. The molecule has 2 heterocycles. The van der Waals surface area contributed by atoms with Crippen LogP contribution >= 0.6 is 0 Å². The number of nitrogens with zero attached hydrogens (tertiary/aromatic N) is 1. The van der Waals surface area contributed by atoms with Crippen LogP contribution in [0.25, 0.3) is 0 Å². The normalized spacial score (nSPS) is 17.5. The molecule has 3 N–H and O–H groups in total. The van der Waals surface area contributed by atoms with Crippen LogP contribution in [0.15, 0.2) is 67.0 Å².